The summed E-state index contributed by atoms with van der Waals surface area (Å²) in [6.07, 6.45) is 2.32. The highest BCUT2D eigenvalue weighted by Crippen LogP contribution is 2.19. The van der Waals surface area contributed by atoms with Crippen molar-refractivity contribution in [1.82, 2.24) is 15.8 Å². The summed E-state index contributed by atoms with van der Waals surface area (Å²) in [5.74, 6) is 2.01. The van der Waals surface area contributed by atoms with Crippen LogP contribution in [0.2, 0.25) is 0 Å². The van der Waals surface area contributed by atoms with E-state index in [1.807, 2.05) is 6.07 Å². The maximum absolute atomic E-state index is 5.30. The van der Waals surface area contributed by atoms with E-state index in [2.05, 4.69) is 55.4 Å². The number of aliphatic imine (C=N–C) groups is 1. The van der Waals surface area contributed by atoms with Gasteiger partial charge in [-0.05, 0) is 24.2 Å². The van der Waals surface area contributed by atoms with Crippen LogP contribution >= 0.6 is 0 Å². The lowest BCUT2D eigenvalue weighted by molar-refractivity contribution is 0.364. The van der Waals surface area contributed by atoms with Gasteiger partial charge in [0.1, 0.15) is 0 Å². The fraction of sp³-hybridized carbons (Fsp3) is 0.750. The van der Waals surface area contributed by atoms with Crippen LogP contribution in [0.1, 0.15) is 64.8 Å². The molecule has 0 saturated carbocycles. The third kappa shape index (κ3) is 7.16. The molecule has 1 aromatic heterocycles. The average molecular weight is 294 g/mol. The highest BCUT2D eigenvalue weighted by atomic mass is 16.5. The zero-order valence-electron chi connectivity index (χ0n) is 14.3. The summed E-state index contributed by atoms with van der Waals surface area (Å²) in [5.41, 5.74) is 1.37. The van der Waals surface area contributed by atoms with Crippen LogP contribution in [0.15, 0.2) is 15.6 Å². The minimum Gasteiger partial charge on any atom is -0.359 e. The van der Waals surface area contributed by atoms with E-state index in [0.29, 0.717) is 17.9 Å². The first-order chi connectivity index (χ1) is 9.81. The summed E-state index contributed by atoms with van der Waals surface area (Å²) in [4.78, 5) is 4.21. The van der Waals surface area contributed by atoms with Gasteiger partial charge in [0, 0.05) is 19.7 Å². The van der Waals surface area contributed by atoms with Gasteiger partial charge < -0.3 is 15.2 Å². The summed E-state index contributed by atoms with van der Waals surface area (Å²) < 4.78 is 5.30. The van der Waals surface area contributed by atoms with Crippen molar-refractivity contribution in [3.63, 3.8) is 0 Å². The molecule has 21 heavy (non-hydrogen) atoms. The highest BCUT2D eigenvalue weighted by molar-refractivity contribution is 5.79. The number of nitrogens with zero attached hydrogens (tertiary/aromatic N) is 2. The van der Waals surface area contributed by atoms with Crippen molar-refractivity contribution < 1.29 is 4.52 Å². The molecule has 5 nitrogen and oxygen atoms in total. The van der Waals surface area contributed by atoms with Crippen LogP contribution < -0.4 is 10.6 Å². The smallest absolute Gasteiger partial charge is 0.191 e. The maximum Gasteiger partial charge on any atom is 0.191 e. The van der Waals surface area contributed by atoms with E-state index in [0.717, 1.165) is 30.4 Å². The molecule has 0 aliphatic carbocycles. The van der Waals surface area contributed by atoms with Gasteiger partial charge in [-0.1, -0.05) is 39.8 Å². The largest absolute Gasteiger partial charge is 0.359 e. The molecule has 0 bridgehead atoms. The minimum atomic E-state index is 0.381. The van der Waals surface area contributed by atoms with Crippen molar-refractivity contribution in [1.29, 1.82) is 0 Å². The predicted molar refractivity (Wildman–Crippen MR) is 87.5 cm³/mol. The summed E-state index contributed by atoms with van der Waals surface area (Å²) in [6, 6.07) is 1.99. The Kier molecular flexibility index (Phi) is 6.72. The van der Waals surface area contributed by atoms with E-state index in [-0.39, 0.29) is 0 Å². The average Bonchev–Trinajstić information content (AvgIpc) is 2.85. The first-order valence-corrected chi connectivity index (χ1v) is 7.72. The number of hydrogen-bond donors (Lipinski definition) is 2. The first kappa shape index (κ1) is 17.5. The van der Waals surface area contributed by atoms with E-state index in [9.17, 15) is 0 Å². The number of aromatic nitrogens is 1. The molecule has 0 aliphatic heterocycles. The van der Waals surface area contributed by atoms with Crippen LogP contribution in [0.4, 0.5) is 0 Å². The van der Waals surface area contributed by atoms with Gasteiger partial charge in [-0.25, -0.2) is 0 Å². The molecule has 0 atom stereocenters. The SMILES string of the molecule is CN=C(NCCCC(C)(C)C)NCc1cc(C(C)C)no1. The van der Waals surface area contributed by atoms with Crippen LogP contribution in [-0.4, -0.2) is 24.7 Å². The van der Waals surface area contributed by atoms with Crippen molar-refractivity contribution in [3.8, 4) is 0 Å². The van der Waals surface area contributed by atoms with Crippen molar-refractivity contribution in [2.45, 2.75) is 59.9 Å². The lowest BCUT2D eigenvalue weighted by atomic mass is 9.91. The van der Waals surface area contributed by atoms with Crippen molar-refractivity contribution >= 4 is 5.96 Å². The van der Waals surface area contributed by atoms with Gasteiger partial charge in [0.15, 0.2) is 11.7 Å². The van der Waals surface area contributed by atoms with Gasteiger partial charge in [0.2, 0.25) is 0 Å². The second-order valence-corrected chi connectivity index (χ2v) is 6.89. The van der Waals surface area contributed by atoms with E-state index < -0.39 is 0 Å². The van der Waals surface area contributed by atoms with Gasteiger partial charge in [-0.2, -0.15) is 0 Å². The normalized spacial score (nSPS) is 12.8. The molecule has 0 radical (unpaired) electrons. The van der Waals surface area contributed by atoms with Crippen LogP contribution in [0.25, 0.3) is 0 Å². The van der Waals surface area contributed by atoms with Crippen LogP contribution in [0.3, 0.4) is 0 Å². The van der Waals surface area contributed by atoms with Gasteiger partial charge in [-0.15, -0.1) is 0 Å². The predicted octanol–water partition coefficient (Wildman–Crippen LogP) is 3.29. The van der Waals surface area contributed by atoms with Crippen molar-refractivity contribution in [2.75, 3.05) is 13.6 Å². The first-order valence-electron chi connectivity index (χ1n) is 7.72. The second kappa shape index (κ2) is 8.05. The molecule has 0 aliphatic rings. The Hall–Kier alpha value is -1.52. The summed E-state index contributed by atoms with van der Waals surface area (Å²) in [7, 11) is 1.78. The molecule has 0 amide bonds. The summed E-state index contributed by atoms with van der Waals surface area (Å²) in [6.45, 7) is 12.5. The summed E-state index contributed by atoms with van der Waals surface area (Å²) >= 11 is 0. The molecule has 5 heteroatoms. The van der Waals surface area contributed by atoms with Crippen molar-refractivity contribution in [3.05, 3.63) is 17.5 Å². The molecule has 1 rings (SSSR count). The molecule has 0 fully saturated rings. The quantitative estimate of drug-likeness (QED) is 0.480. The Balaban J connectivity index is 2.31. The van der Waals surface area contributed by atoms with Gasteiger partial charge in [0.25, 0.3) is 0 Å². The lowest BCUT2D eigenvalue weighted by Gasteiger charge is -2.18. The molecule has 0 spiro atoms. The standard InChI is InChI=1S/C16H30N4O/c1-12(2)14-10-13(21-20-14)11-19-15(17-6)18-9-7-8-16(3,4)5/h10,12H,7-9,11H2,1-6H3,(H2,17,18,19). The minimum absolute atomic E-state index is 0.381. The van der Waals surface area contributed by atoms with Crippen LogP contribution in [0.5, 0.6) is 0 Å². The molecule has 0 aromatic carbocycles. The molecule has 2 N–H and O–H groups in total. The van der Waals surface area contributed by atoms with E-state index >= 15 is 0 Å². The highest BCUT2D eigenvalue weighted by Gasteiger charge is 2.10. The van der Waals surface area contributed by atoms with Crippen molar-refractivity contribution in [2.24, 2.45) is 10.4 Å². The van der Waals surface area contributed by atoms with E-state index in [1.165, 1.54) is 6.42 Å². The number of guanidine groups is 1. The Morgan fingerprint density at radius 2 is 2.05 bits per heavy atom. The Morgan fingerprint density at radius 1 is 1.33 bits per heavy atom. The van der Waals surface area contributed by atoms with E-state index in [4.69, 9.17) is 4.52 Å². The van der Waals surface area contributed by atoms with Crippen LogP contribution in [-0.2, 0) is 6.54 Å². The molecule has 120 valence electrons. The number of rotatable bonds is 6. The Labute approximate surface area is 128 Å². The summed E-state index contributed by atoms with van der Waals surface area (Å²) in [5, 5.41) is 10.6. The molecule has 0 saturated heterocycles. The maximum atomic E-state index is 5.30. The second-order valence-electron chi connectivity index (χ2n) is 6.89. The third-order valence-electron chi connectivity index (χ3n) is 3.22. The van der Waals surface area contributed by atoms with Crippen LogP contribution in [0, 0.1) is 5.41 Å². The molecule has 0 unspecified atom stereocenters. The van der Waals surface area contributed by atoms with Gasteiger partial charge >= 0.3 is 0 Å². The Bertz CT molecular complexity index is 443. The number of nitrogens with one attached hydrogen (secondary N) is 2. The lowest BCUT2D eigenvalue weighted by Crippen LogP contribution is -2.37. The zero-order valence-corrected chi connectivity index (χ0v) is 14.3. The molecular weight excluding hydrogens is 264 g/mol. The van der Waals surface area contributed by atoms with E-state index in [1.54, 1.807) is 7.05 Å². The fourth-order valence-corrected chi connectivity index (χ4v) is 1.90. The zero-order chi connectivity index (χ0) is 15.9. The fourth-order valence-electron chi connectivity index (χ4n) is 1.90. The third-order valence-corrected chi connectivity index (χ3v) is 3.22. The monoisotopic (exact) mass is 294 g/mol. The molecule has 1 heterocycles. The molecule has 1 aromatic rings. The van der Waals surface area contributed by atoms with Gasteiger partial charge in [-0.3, -0.25) is 4.99 Å². The van der Waals surface area contributed by atoms with Gasteiger partial charge in [0.05, 0.1) is 12.2 Å². The number of hydrogen-bond acceptors (Lipinski definition) is 3. The molecular formula is C16H30N4O. The topological polar surface area (TPSA) is 62.5 Å². The Morgan fingerprint density at radius 3 is 2.57 bits per heavy atom.